The predicted octanol–water partition coefficient (Wildman–Crippen LogP) is 5.24. The number of nitrogens with one attached hydrogen (secondary N) is 2. The molecule has 5 nitrogen and oxygen atoms in total. The molecule has 0 atom stereocenters. The number of carbonyl (C=O) groups excluding carboxylic acids is 2. The fourth-order valence-corrected chi connectivity index (χ4v) is 3.35. The summed E-state index contributed by atoms with van der Waals surface area (Å²) in [5, 5.41) is 8.81. The molecular weight excluding hydrogens is 394 g/mol. The fraction of sp³-hybridized carbons (Fsp3) is 0.190. The van der Waals surface area contributed by atoms with Crippen LogP contribution in [0.1, 0.15) is 41.6 Å². The molecule has 7 heteroatoms. The monoisotopic (exact) mass is 413 g/mol. The van der Waals surface area contributed by atoms with Crippen molar-refractivity contribution in [1.82, 2.24) is 10.3 Å². The Morgan fingerprint density at radius 3 is 2.21 bits per heavy atom. The summed E-state index contributed by atoms with van der Waals surface area (Å²) in [7, 11) is 0. The van der Waals surface area contributed by atoms with Gasteiger partial charge in [0, 0.05) is 32.8 Å². The van der Waals surface area contributed by atoms with Crippen molar-refractivity contribution in [2.75, 3.05) is 5.32 Å². The Morgan fingerprint density at radius 1 is 0.964 bits per heavy atom. The summed E-state index contributed by atoms with van der Waals surface area (Å²) >= 11 is 7.29. The van der Waals surface area contributed by atoms with Crippen LogP contribution in [0.25, 0.3) is 10.6 Å². The maximum Gasteiger partial charge on any atom is 0.275 e. The minimum atomic E-state index is -0.309. The van der Waals surface area contributed by atoms with Gasteiger partial charge in [0.2, 0.25) is 0 Å². The van der Waals surface area contributed by atoms with E-state index in [2.05, 4.69) is 15.6 Å². The molecule has 0 aliphatic rings. The molecule has 0 saturated heterocycles. The summed E-state index contributed by atoms with van der Waals surface area (Å²) in [4.78, 5) is 29.0. The Bertz CT molecular complexity index is 990. The molecular formula is C21H20ClN3O2S. The lowest BCUT2D eigenvalue weighted by molar-refractivity contribution is 0.0919. The van der Waals surface area contributed by atoms with Gasteiger partial charge in [0.1, 0.15) is 10.7 Å². The molecule has 1 aromatic heterocycles. The van der Waals surface area contributed by atoms with Crippen molar-refractivity contribution in [3.63, 3.8) is 0 Å². The molecule has 3 aromatic rings. The summed E-state index contributed by atoms with van der Waals surface area (Å²) in [5.74, 6) is -0.458. The topological polar surface area (TPSA) is 71.1 Å². The Labute approximate surface area is 172 Å². The number of hydrogen-bond donors (Lipinski definition) is 2. The molecule has 3 rings (SSSR count). The quantitative estimate of drug-likeness (QED) is 0.614. The van der Waals surface area contributed by atoms with Gasteiger partial charge in [-0.3, -0.25) is 9.59 Å². The largest absolute Gasteiger partial charge is 0.347 e. The smallest absolute Gasteiger partial charge is 0.275 e. The maximum atomic E-state index is 12.5. The summed E-state index contributed by atoms with van der Waals surface area (Å²) in [6.07, 6.45) is 0. The molecule has 0 aliphatic heterocycles. The highest BCUT2D eigenvalue weighted by molar-refractivity contribution is 7.13. The van der Waals surface area contributed by atoms with Gasteiger partial charge in [-0.05, 0) is 57.2 Å². The standard InChI is InChI=1S/C21H20ClN3O2S/c1-21(2,3)25-18(26)13-6-10-16(11-7-13)23-19(27)17-12-28-20(24-17)14-4-8-15(22)9-5-14/h4-12H,1-3H3,(H,23,27)(H,25,26). The zero-order valence-electron chi connectivity index (χ0n) is 15.7. The molecule has 0 radical (unpaired) electrons. The number of benzene rings is 2. The summed E-state index contributed by atoms with van der Waals surface area (Å²) in [6.45, 7) is 5.77. The van der Waals surface area contributed by atoms with Crippen molar-refractivity contribution >= 4 is 40.4 Å². The Hall–Kier alpha value is -2.70. The minimum absolute atomic E-state index is 0.155. The van der Waals surface area contributed by atoms with E-state index in [9.17, 15) is 9.59 Å². The number of carbonyl (C=O) groups is 2. The molecule has 144 valence electrons. The van der Waals surface area contributed by atoms with Gasteiger partial charge in [0.15, 0.2) is 0 Å². The van der Waals surface area contributed by atoms with Crippen molar-refractivity contribution in [2.24, 2.45) is 0 Å². The van der Waals surface area contributed by atoms with Crippen LogP contribution in [-0.4, -0.2) is 22.3 Å². The van der Waals surface area contributed by atoms with Crippen molar-refractivity contribution in [2.45, 2.75) is 26.3 Å². The third-order valence-electron chi connectivity index (χ3n) is 3.72. The number of nitrogens with zero attached hydrogens (tertiary/aromatic N) is 1. The highest BCUT2D eigenvalue weighted by Gasteiger charge is 2.16. The lowest BCUT2D eigenvalue weighted by Gasteiger charge is -2.20. The fourth-order valence-electron chi connectivity index (χ4n) is 2.42. The van der Waals surface area contributed by atoms with E-state index in [-0.39, 0.29) is 17.4 Å². The van der Waals surface area contributed by atoms with Gasteiger partial charge < -0.3 is 10.6 Å². The van der Waals surface area contributed by atoms with E-state index in [1.54, 1.807) is 41.8 Å². The van der Waals surface area contributed by atoms with Crippen molar-refractivity contribution in [3.8, 4) is 10.6 Å². The van der Waals surface area contributed by atoms with Gasteiger partial charge in [-0.15, -0.1) is 11.3 Å². The average molecular weight is 414 g/mol. The number of aromatic nitrogens is 1. The molecule has 0 aliphatic carbocycles. The van der Waals surface area contributed by atoms with Crippen LogP contribution in [-0.2, 0) is 0 Å². The minimum Gasteiger partial charge on any atom is -0.347 e. The van der Waals surface area contributed by atoms with Crippen LogP contribution in [0.5, 0.6) is 0 Å². The zero-order valence-corrected chi connectivity index (χ0v) is 17.3. The number of anilines is 1. The van der Waals surface area contributed by atoms with Gasteiger partial charge in [-0.2, -0.15) is 0 Å². The highest BCUT2D eigenvalue weighted by Crippen LogP contribution is 2.25. The molecule has 0 bridgehead atoms. The molecule has 2 N–H and O–H groups in total. The van der Waals surface area contributed by atoms with E-state index in [0.717, 1.165) is 10.6 Å². The summed E-state index contributed by atoms with van der Waals surface area (Å²) < 4.78 is 0. The van der Waals surface area contributed by atoms with E-state index in [1.807, 2.05) is 32.9 Å². The molecule has 0 spiro atoms. The molecule has 1 heterocycles. The highest BCUT2D eigenvalue weighted by atomic mass is 35.5. The van der Waals surface area contributed by atoms with Crippen LogP contribution in [0.2, 0.25) is 5.02 Å². The van der Waals surface area contributed by atoms with Crippen molar-refractivity contribution in [3.05, 3.63) is 70.2 Å². The lowest BCUT2D eigenvalue weighted by Crippen LogP contribution is -2.40. The van der Waals surface area contributed by atoms with Crippen LogP contribution in [0, 0.1) is 0 Å². The Kier molecular flexibility index (Phi) is 5.82. The average Bonchev–Trinajstić information content (AvgIpc) is 3.12. The third-order valence-corrected chi connectivity index (χ3v) is 4.86. The molecule has 0 unspecified atom stereocenters. The van der Waals surface area contributed by atoms with Crippen molar-refractivity contribution in [1.29, 1.82) is 0 Å². The Balaban J connectivity index is 1.66. The number of halogens is 1. The van der Waals surface area contributed by atoms with Crippen LogP contribution in [0.4, 0.5) is 5.69 Å². The first-order valence-electron chi connectivity index (χ1n) is 8.67. The first-order chi connectivity index (χ1) is 13.2. The van der Waals surface area contributed by atoms with E-state index in [0.29, 0.717) is 22.0 Å². The Morgan fingerprint density at radius 2 is 1.61 bits per heavy atom. The summed E-state index contributed by atoms with van der Waals surface area (Å²) in [6, 6.07) is 14.1. The third kappa shape index (κ3) is 5.18. The number of amides is 2. The first kappa shape index (κ1) is 20.0. The molecule has 2 amide bonds. The van der Waals surface area contributed by atoms with E-state index in [4.69, 9.17) is 11.6 Å². The van der Waals surface area contributed by atoms with E-state index < -0.39 is 0 Å². The van der Waals surface area contributed by atoms with Crippen LogP contribution in [0.3, 0.4) is 0 Å². The normalized spacial score (nSPS) is 11.1. The second-order valence-corrected chi connectivity index (χ2v) is 8.57. The molecule has 0 fully saturated rings. The molecule has 28 heavy (non-hydrogen) atoms. The van der Waals surface area contributed by atoms with Gasteiger partial charge in [0.25, 0.3) is 11.8 Å². The second kappa shape index (κ2) is 8.12. The van der Waals surface area contributed by atoms with E-state index in [1.165, 1.54) is 11.3 Å². The summed E-state index contributed by atoms with van der Waals surface area (Å²) in [5.41, 5.74) is 2.06. The molecule has 0 saturated carbocycles. The molecule has 2 aromatic carbocycles. The van der Waals surface area contributed by atoms with Gasteiger partial charge >= 0.3 is 0 Å². The number of rotatable bonds is 4. The van der Waals surface area contributed by atoms with Gasteiger partial charge in [-0.25, -0.2) is 4.98 Å². The first-order valence-corrected chi connectivity index (χ1v) is 9.92. The van der Waals surface area contributed by atoms with Crippen molar-refractivity contribution < 1.29 is 9.59 Å². The zero-order chi connectivity index (χ0) is 20.3. The predicted molar refractivity (Wildman–Crippen MR) is 114 cm³/mol. The second-order valence-electron chi connectivity index (χ2n) is 7.28. The van der Waals surface area contributed by atoms with E-state index >= 15 is 0 Å². The lowest BCUT2D eigenvalue weighted by atomic mass is 10.1. The number of hydrogen-bond acceptors (Lipinski definition) is 4. The number of thiazole rings is 1. The van der Waals surface area contributed by atoms with Crippen LogP contribution >= 0.6 is 22.9 Å². The van der Waals surface area contributed by atoms with Crippen LogP contribution in [0.15, 0.2) is 53.9 Å². The van der Waals surface area contributed by atoms with Gasteiger partial charge in [-0.1, -0.05) is 23.7 Å². The van der Waals surface area contributed by atoms with Gasteiger partial charge in [0.05, 0.1) is 0 Å². The maximum absolute atomic E-state index is 12.5. The van der Waals surface area contributed by atoms with Crippen LogP contribution < -0.4 is 10.6 Å². The SMILES string of the molecule is CC(C)(C)NC(=O)c1ccc(NC(=O)c2csc(-c3ccc(Cl)cc3)n2)cc1.